The number of hydrogen-bond acceptors (Lipinski definition) is 1. The van der Waals surface area contributed by atoms with E-state index in [0.29, 0.717) is 0 Å². The van der Waals surface area contributed by atoms with Crippen molar-refractivity contribution >= 4 is 5.97 Å². The van der Waals surface area contributed by atoms with Crippen LogP contribution in [0.25, 0.3) is 0 Å². The van der Waals surface area contributed by atoms with E-state index in [0.717, 1.165) is 6.42 Å². The zero-order valence-electron chi connectivity index (χ0n) is 5.92. The topological polar surface area (TPSA) is 37.3 Å². The molecule has 0 bridgehead atoms. The molecule has 1 unspecified atom stereocenters. The van der Waals surface area contributed by atoms with Gasteiger partial charge < -0.3 is 5.11 Å². The molecule has 0 aliphatic carbocycles. The summed E-state index contributed by atoms with van der Waals surface area (Å²) in [4.78, 5) is 10.1. The number of carboxylic acids is 1. The summed E-state index contributed by atoms with van der Waals surface area (Å²) in [5, 5.41) is 8.33. The first kappa shape index (κ1) is 8.47. The largest absolute Gasteiger partial charge is 0.481 e. The third kappa shape index (κ3) is 4.01. The molecule has 9 heavy (non-hydrogen) atoms. The van der Waals surface area contributed by atoms with E-state index in [2.05, 4.69) is 0 Å². The zero-order chi connectivity index (χ0) is 7.28. The van der Waals surface area contributed by atoms with Crippen LogP contribution in [0.4, 0.5) is 0 Å². The highest BCUT2D eigenvalue weighted by Crippen LogP contribution is 2.10. The van der Waals surface area contributed by atoms with Crippen LogP contribution in [-0.4, -0.2) is 11.1 Å². The highest BCUT2D eigenvalue weighted by Gasteiger charge is 2.07. The van der Waals surface area contributed by atoms with Crippen LogP contribution in [0.15, 0.2) is 0 Å². The van der Waals surface area contributed by atoms with Gasteiger partial charge in [0.2, 0.25) is 0 Å². The van der Waals surface area contributed by atoms with Gasteiger partial charge in [0.05, 0.1) is 0 Å². The first-order valence-electron chi connectivity index (χ1n) is 3.22. The first-order valence-corrected chi connectivity index (χ1v) is 3.22. The fourth-order valence-corrected chi connectivity index (χ4v) is 0.722. The van der Waals surface area contributed by atoms with E-state index >= 15 is 0 Å². The summed E-state index contributed by atoms with van der Waals surface area (Å²) in [7, 11) is 0. The standard InChI is InChI=1S/C7H13O2/c1-3-6(4-2)5-7(8)9/h3,6H,4-5H2,1-2H3,(H,8,9). The second-order valence-electron chi connectivity index (χ2n) is 2.10. The van der Waals surface area contributed by atoms with Crippen molar-refractivity contribution in [1.29, 1.82) is 0 Å². The molecule has 2 heteroatoms. The fraction of sp³-hybridized carbons (Fsp3) is 0.714. The number of rotatable bonds is 4. The van der Waals surface area contributed by atoms with E-state index in [1.54, 1.807) is 0 Å². The average Bonchev–Trinajstić information content (AvgIpc) is 1.82. The lowest BCUT2D eigenvalue weighted by Gasteiger charge is -2.06. The Kier molecular flexibility index (Phi) is 4.10. The van der Waals surface area contributed by atoms with Crippen molar-refractivity contribution in [3.8, 4) is 0 Å². The minimum atomic E-state index is -0.708. The van der Waals surface area contributed by atoms with Gasteiger partial charge in [0, 0.05) is 6.42 Å². The van der Waals surface area contributed by atoms with Gasteiger partial charge in [-0.1, -0.05) is 20.3 Å². The first-order chi connectivity index (χ1) is 4.20. The van der Waals surface area contributed by atoms with Gasteiger partial charge in [-0.3, -0.25) is 4.79 Å². The Bertz CT molecular complexity index is 84.9. The van der Waals surface area contributed by atoms with Crippen LogP contribution in [0.5, 0.6) is 0 Å². The molecular formula is C7H13O2. The number of carboxylic acid groups (broad SMARTS) is 1. The van der Waals surface area contributed by atoms with Gasteiger partial charge in [-0.25, -0.2) is 0 Å². The number of aliphatic carboxylic acids is 1. The quantitative estimate of drug-likeness (QED) is 0.627. The van der Waals surface area contributed by atoms with E-state index in [-0.39, 0.29) is 12.3 Å². The molecule has 0 aliphatic rings. The molecule has 1 radical (unpaired) electrons. The molecule has 53 valence electrons. The molecule has 0 rings (SSSR count). The molecule has 1 N–H and O–H groups in total. The van der Waals surface area contributed by atoms with Crippen molar-refractivity contribution in [2.24, 2.45) is 5.92 Å². The molecule has 0 fully saturated rings. The minimum Gasteiger partial charge on any atom is -0.481 e. The number of hydrogen-bond donors (Lipinski definition) is 1. The van der Waals surface area contributed by atoms with E-state index < -0.39 is 5.97 Å². The summed E-state index contributed by atoms with van der Waals surface area (Å²) >= 11 is 0. The van der Waals surface area contributed by atoms with E-state index in [1.807, 2.05) is 20.3 Å². The Morgan fingerprint density at radius 2 is 2.33 bits per heavy atom. The molecule has 0 amide bonds. The smallest absolute Gasteiger partial charge is 0.303 e. The van der Waals surface area contributed by atoms with Crippen LogP contribution in [0, 0.1) is 12.3 Å². The Morgan fingerprint density at radius 3 is 2.44 bits per heavy atom. The van der Waals surface area contributed by atoms with Crippen LogP contribution >= 0.6 is 0 Å². The lowest BCUT2D eigenvalue weighted by atomic mass is 10.00. The summed E-state index contributed by atoms with van der Waals surface area (Å²) in [6, 6.07) is 0. The summed E-state index contributed by atoms with van der Waals surface area (Å²) in [5.74, 6) is -0.456. The van der Waals surface area contributed by atoms with Crippen LogP contribution < -0.4 is 0 Å². The molecule has 0 aromatic carbocycles. The lowest BCUT2D eigenvalue weighted by Crippen LogP contribution is -2.05. The Labute approximate surface area is 55.9 Å². The van der Waals surface area contributed by atoms with Crippen molar-refractivity contribution in [2.45, 2.75) is 26.7 Å². The monoisotopic (exact) mass is 129 g/mol. The van der Waals surface area contributed by atoms with Gasteiger partial charge in [-0.15, -0.1) is 0 Å². The third-order valence-electron chi connectivity index (χ3n) is 1.43. The maximum Gasteiger partial charge on any atom is 0.303 e. The van der Waals surface area contributed by atoms with E-state index in [4.69, 9.17) is 5.11 Å². The molecule has 0 spiro atoms. The SMILES string of the molecule is C[CH]C(CC)CC(=O)O. The maximum absolute atomic E-state index is 10.1. The van der Waals surface area contributed by atoms with Crippen molar-refractivity contribution < 1.29 is 9.90 Å². The second kappa shape index (κ2) is 4.36. The predicted octanol–water partition coefficient (Wildman–Crippen LogP) is 1.71. The van der Waals surface area contributed by atoms with Crippen molar-refractivity contribution in [2.75, 3.05) is 0 Å². The van der Waals surface area contributed by atoms with Crippen LogP contribution in [0.2, 0.25) is 0 Å². The zero-order valence-corrected chi connectivity index (χ0v) is 5.92. The Balaban J connectivity index is 3.43. The van der Waals surface area contributed by atoms with Gasteiger partial charge in [-0.05, 0) is 12.3 Å². The summed E-state index contributed by atoms with van der Waals surface area (Å²) in [5.41, 5.74) is 0. The van der Waals surface area contributed by atoms with Crippen LogP contribution in [-0.2, 0) is 4.79 Å². The average molecular weight is 129 g/mol. The normalized spacial score (nSPS) is 10.1. The highest BCUT2D eigenvalue weighted by molar-refractivity contribution is 5.67. The van der Waals surface area contributed by atoms with Gasteiger partial charge in [-0.2, -0.15) is 0 Å². The van der Waals surface area contributed by atoms with E-state index in [9.17, 15) is 4.79 Å². The summed E-state index contributed by atoms with van der Waals surface area (Å²) < 4.78 is 0. The van der Waals surface area contributed by atoms with Gasteiger partial charge in [0.1, 0.15) is 0 Å². The molecule has 0 heterocycles. The molecule has 2 nitrogen and oxygen atoms in total. The van der Waals surface area contributed by atoms with Crippen LogP contribution in [0.3, 0.4) is 0 Å². The molecule has 1 atom stereocenters. The van der Waals surface area contributed by atoms with Gasteiger partial charge in [0.25, 0.3) is 0 Å². The molecule has 0 saturated heterocycles. The second-order valence-corrected chi connectivity index (χ2v) is 2.10. The minimum absolute atomic E-state index is 0.252. The van der Waals surface area contributed by atoms with Crippen LogP contribution in [0.1, 0.15) is 26.7 Å². The fourth-order valence-electron chi connectivity index (χ4n) is 0.722. The summed E-state index contributed by atoms with van der Waals surface area (Å²) in [6.45, 7) is 3.89. The van der Waals surface area contributed by atoms with Gasteiger partial charge in [0.15, 0.2) is 0 Å². The van der Waals surface area contributed by atoms with Crippen molar-refractivity contribution in [1.82, 2.24) is 0 Å². The molecule has 0 aromatic rings. The molecule has 0 aliphatic heterocycles. The van der Waals surface area contributed by atoms with Crippen molar-refractivity contribution in [3.63, 3.8) is 0 Å². The predicted molar refractivity (Wildman–Crippen MR) is 36.0 cm³/mol. The molecule has 0 saturated carbocycles. The highest BCUT2D eigenvalue weighted by atomic mass is 16.4. The van der Waals surface area contributed by atoms with Crippen molar-refractivity contribution in [3.05, 3.63) is 6.42 Å². The Hall–Kier alpha value is -0.530. The molecular weight excluding hydrogens is 116 g/mol. The Morgan fingerprint density at radius 1 is 1.78 bits per heavy atom. The number of carbonyl (C=O) groups is 1. The van der Waals surface area contributed by atoms with E-state index in [1.165, 1.54) is 0 Å². The van der Waals surface area contributed by atoms with Gasteiger partial charge >= 0.3 is 5.97 Å². The maximum atomic E-state index is 10.1. The summed E-state index contributed by atoms with van der Waals surface area (Å²) in [6.07, 6.45) is 3.13. The molecule has 0 aromatic heterocycles. The third-order valence-corrected chi connectivity index (χ3v) is 1.43. The lowest BCUT2D eigenvalue weighted by molar-refractivity contribution is -0.137.